The zero-order valence-electron chi connectivity index (χ0n) is 16.2. The Labute approximate surface area is 166 Å². The van der Waals surface area contributed by atoms with Crippen LogP contribution < -0.4 is 21.7 Å². The second-order valence-corrected chi connectivity index (χ2v) is 6.68. The van der Waals surface area contributed by atoms with E-state index in [-0.39, 0.29) is 0 Å². The van der Waals surface area contributed by atoms with Crippen molar-refractivity contribution in [3.8, 4) is 0 Å². The first-order chi connectivity index (χ1) is 13.3. The highest BCUT2D eigenvalue weighted by atomic mass is 16.4. The number of carboxylic acids is 3. The van der Waals surface area contributed by atoms with E-state index in [1.165, 1.54) is 20.8 Å². The Morgan fingerprint density at radius 2 is 1.17 bits per heavy atom. The van der Waals surface area contributed by atoms with Gasteiger partial charge in [-0.3, -0.25) is 24.0 Å². The molecule has 0 aromatic heterocycles. The Hall–Kier alpha value is -3.22. The van der Waals surface area contributed by atoms with E-state index in [2.05, 4.69) is 10.6 Å². The first kappa shape index (κ1) is 25.8. The smallest absolute Gasteiger partial charge is 0.326 e. The summed E-state index contributed by atoms with van der Waals surface area (Å²) >= 11 is 0. The third kappa shape index (κ3) is 9.51. The third-order valence-corrected chi connectivity index (χ3v) is 3.67. The van der Waals surface area contributed by atoms with Crippen molar-refractivity contribution in [1.82, 2.24) is 16.0 Å². The summed E-state index contributed by atoms with van der Waals surface area (Å²) in [6, 6.07) is -5.60. The van der Waals surface area contributed by atoms with E-state index in [9.17, 15) is 28.8 Å². The van der Waals surface area contributed by atoms with E-state index in [1.807, 2.05) is 5.32 Å². The average Bonchev–Trinajstić information content (AvgIpc) is 2.56. The molecule has 0 saturated heterocycles. The van der Waals surface area contributed by atoms with Crippen molar-refractivity contribution in [2.75, 3.05) is 0 Å². The first-order valence-electron chi connectivity index (χ1n) is 8.59. The van der Waals surface area contributed by atoms with Gasteiger partial charge in [-0.05, 0) is 12.8 Å². The monoisotopic (exact) mass is 418 g/mol. The number of carbonyl (C=O) groups excluding carboxylic acids is 3. The molecule has 3 amide bonds. The van der Waals surface area contributed by atoms with E-state index >= 15 is 0 Å². The number of nitrogens with two attached hydrogens (primary N) is 1. The number of carboxylic acid groups (broad SMARTS) is 3. The van der Waals surface area contributed by atoms with E-state index in [4.69, 9.17) is 21.1 Å². The molecule has 0 spiro atoms. The number of aliphatic carboxylic acids is 3. The molecule has 0 aliphatic rings. The lowest BCUT2D eigenvalue weighted by molar-refractivity contribution is -0.147. The predicted octanol–water partition coefficient (Wildman–Crippen LogP) is -2.52. The van der Waals surface area contributed by atoms with Gasteiger partial charge >= 0.3 is 17.9 Å². The maximum Gasteiger partial charge on any atom is 0.326 e. The number of nitrogens with one attached hydrogen (secondary N) is 3. The van der Waals surface area contributed by atoms with E-state index in [0.29, 0.717) is 0 Å². The van der Waals surface area contributed by atoms with Gasteiger partial charge < -0.3 is 37.0 Å². The molecule has 13 heteroatoms. The molecule has 29 heavy (non-hydrogen) atoms. The van der Waals surface area contributed by atoms with Gasteiger partial charge in [0.05, 0.1) is 18.9 Å². The van der Waals surface area contributed by atoms with Crippen molar-refractivity contribution in [2.24, 2.45) is 11.7 Å². The zero-order valence-corrected chi connectivity index (χ0v) is 16.2. The van der Waals surface area contributed by atoms with Crippen LogP contribution in [0.25, 0.3) is 0 Å². The molecule has 8 N–H and O–H groups in total. The van der Waals surface area contributed by atoms with Gasteiger partial charge in [-0.1, -0.05) is 13.8 Å². The molecule has 0 fully saturated rings. The molecule has 0 radical (unpaired) electrons. The van der Waals surface area contributed by atoms with Gasteiger partial charge in [0, 0.05) is 0 Å². The molecule has 0 rings (SSSR count). The summed E-state index contributed by atoms with van der Waals surface area (Å²) in [4.78, 5) is 69.4. The molecule has 0 aliphatic heterocycles. The van der Waals surface area contributed by atoms with Gasteiger partial charge in [0.15, 0.2) is 0 Å². The van der Waals surface area contributed by atoms with Crippen molar-refractivity contribution < 1.29 is 44.1 Å². The number of hydrogen-bond acceptors (Lipinski definition) is 7. The normalized spacial score (nSPS) is 14.8. The zero-order chi connectivity index (χ0) is 22.9. The van der Waals surface area contributed by atoms with Crippen molar-refractivity contribution >= 4 is 35.6 Å². The van der Waals surface area contributed by atoms with Crippen LogP contribution in [0.1, 0.15) is 33.6 Å². The highest BCUT2D eigenvalue weighted by Gasteiger charge is 2.33. The Morgan fingerprint density at radius 1 is 0.724 bits per heavy atom. The summed E-state index contributed by atoms with van der Waals surface area (Å²) in [6.07, 6.45) is -1.67. The second-order valence-electron chi connectivity index (χ2n) is 6.68. The second kappa shape index (κ2) is 11.6. The quantitative estimate of drug-likeness (QED) is 0.176. The molecule has 4 unspecified atom stereocenters. The third-order valence-electron chi connectivity index (χ3n) is 3.67. The lowest BCUT2D eigenvalue weighted by Gasteiger charge is -2.26. The average molecular weight is 418 g/mol. The summed E-state index contributed by atoms with van der Waals surface area (Å²) < 4.78 is 0. The van der Waals surface area contributed by atoms with E-state index in [0.717, 1.165) is 0 Å². The van der Waals surface area contributed by atoms with Crippen LogP contribution >= 0.6 is 0 Å². The van der Waals surface area contributed by atoms with Crippen LogP contribution in [0.2, 0.25) is 0 Å². The highest BCUT2D eigenvalue weighted by molar-refractivity contribution is 5.96. The van der Waals surface area contributed by atoms with Crippen LogP contribution in [0.5, 0.6) is 0 Å². The van der Waals surface area contributed by atoms with Crippen molar-refractivity contribution in [2.45, 2.75) is 57.8 Å². The summed E-state index contributed by atoms with van der Waals surface area (Å²) in [6.45, 7) is 4.36. The van der Waals surface area contributed by atoms with E-state index < -0.39 is 78.6 Å². The number of hydrogen-bond donors (Lipinski definition) is 7. The fourth-order valence-electron chi connectivity index (χ4n) is 2.11. The first-order valence-corrected chi connectivity index (χ1v) is 8.59. The molecule has 4 atom stereocenters. The van der Waals surface area contributed by atoms with Crippen LogP contribution in [-0.2, 0) is 28.8 Å². The summed E-state index contributed by atoms with van der Waals surface area (Å²) in [5.41, 5.74) is 5.38. The van der Waals surface area contributed by atoms with Gasteiger partial charge in [0.25, 0.3) is 0 Å². The SMILES string of the molecule is CC(N)C(=O)NC(CC(=O)O)C(=O)NC(C(=O)NC(CC(=O)O)C(=O)O)C(C)C. The maximum absolute atomic E-state index is 12.4. The fraction of sp³-hybridized carbons (Fsp3) is 0.625. The molecule has 0 aromatic carbocycles. The minimum atomic E-state index is -1.73. The molecule has 0 saturated carbocycles. The maximum atomic E-state index is 12.4. The molecular formula is C16H26N4O9. The number of carbonyl (C=O) groups is 6. The van der Waals surface area contributed by atoms with Crippen LogP contribution in [0.4, 0.5) is 0 Å². The molecule has 0 heterocycles. The molecular weight excluding hydrogens is 392 g/mol. The van der Waals surface area contributed by atoms with Crippen molar-refractivity contribution in [3.05, 3.63) is 0 Å². The van der Waals surface area contributed by atoms with Gasteiger partial charge in [-0.25, -0.2) is 4.79 Å². The summed E-state index contributed by atoms with van der Waals surface area (Å²) in [5.74, 6) is -7.77. The van der Waals surface area contributed by atoms with Gasteiger partial charge in [0.1, 0.15) is 18.1 Å². The molecule has 0 aliphatic carbocycles. The number of rotatable bonds is 12. The Balaban J connectivity index is 5.39. The Morgan fingerprint density at radius 3 is 1.55 bits per heavy atom. The number of amides is 3. The summed E-state index contributed by atoms with van der Waals surface area (Å²) in [7, 11) is 0. The highest BCUT2D eigenvalue weighted by Crippen LogP contribution is 2.06. The fourth-order valence-corrected chi connectivity index (χ4v) is 2.11. The van der Waals surface area contributed by atoms with Crippen molar-refractivity contribution in [1.29, 1.82) is 0 Å². The van der Waals surface area contributed by atoms with Crippen LogP contribution in [0.3, 0.4) is 0 Å². The Kier molecular flexibility index (Phi) is 10.3. The van der Waals surface area contributed by atoms with Crippen molar-refractivity contribution in [3.63, 3.8) is 0 Å². The standard InChI is InChI=1S/C16H26N4O9/c1-6(2)12(15(27)19-9(16(28)29)5-11(23)24)20-14(26)8(4-10(21)22)18-13(25)7(3)17/h6-9,12H,4-5,17H2,1-3H3,(H,18,25)(H,19,27)(H,20,26)(H,21,22)(H,23,24)(H,28,29). The predicted molar refractivity (Wildman–Crippen MR) is 96.4 cm³/mol. The van der Waals surface area contributed by atoms with Gasteiger partial charge in [-0.2, -0.15) is 0 Å². The minimum absolute atomic E-state index is 0.576. The lowest BCUT2D eigenvalue weighted by Crippen LogP contribution is -2.58. The minimum Gasteiger partial charge on any atom is -0.481 e. The van der Waals surface area contributed by atoms with Gasteiger partial charge in [-0.15, -0.1) is 0 Å². The lowest BCUT2D eigenvalue weighted by atomic mass is 10.0. The summed E-state index contributed by atoms with van der Waals surface area (Å²) in [5, 5.41) is 33.1. The largest absolute Gasteiger partial charge is 0.481 e. The topological polar surface area (TPSA) is 225 Å². The van der Waals surface area contributed by atoms with Crippen LogP contribution in [0, 0.1) is 5.92 Å². The van der Waals surface area contributed by atoms with Gasteiger partial charge in [0.2, 0.25) is 17.7 Å². The van der Waals surface area contributed by atoms with Crippen LogP contribution in [0.15, 0.2) is 0 Å². The molecule has 13 nitrogen and oxygen atoms in total. The van der Waals surface area contributed by atoms with E-state index in [1.54, 1.807) is 0 Å². The van der Waals surface area contributed by atoms with Crippen LogP contribution in [-0.4, -0.2) is 75.1 Å². The molecule has 0 aromatic rings. The molecule has 164 valence electrons. The Bertz CT molecular complexity index is 663. The molecule has 0 bridgehead atoms.